The fourth-order valence-corrected chi connectivity index (χ4v) is 5.02. The SMILES string of the molecule is Cc1ccc(Nc2nc(N/N=C\c3cc(I)cc(I)c3O)nc(Nc3ccc([N+](=O)[O-])cc3)n2)cc1C. The van der Waals surface area contributed by atoms with E-state index >= 15 is 0 Å². The highest BCUT2D eigenvalue weighted by Gasteiger charge is 2.10. The number of non-ortho nitro benzene ring substituents is 1. The lowest BCUT2D eigenvalue weighted by atomic mass is 10.1. The van der Waals surface area contributed by atoms with Crippen molar-refractivity contribution in [3.8, 4) is 5.75 Å². The van der Waals surface area contributed by atoms with Gasteiger partial charge in [0.1, 0.15) is 5.75 Å². The zero-order valence-electron chi connectivity index (χ0n) is 19.5. The molecule has 1 aromatic heterocycles. The van der Waals surface area contributed by atoms with Crippen molar-refractivity contribution in [2.45, 2.75) is 13.8 Å². The van der Waals surface area contributed by atoms with Crippen molar-refractivity contribution in [1.29, 1.82) is 0 Å². The molecule has 4 N–H and O–H groups in total. The molecular formula is C24H20I2N8O3. The first-order valence-electron chi connectivity index (χ1n) is 10.8. The van der Waals surface area contributed by atoms with Gasteiger partial charge in [-0.3, -0.25) is 10.1 Å². The number of hydrazone groups is 1. The van der Waals surface area contributed by atoms with Crippen molar-refractivity contribution in [2.24, 2.45) is 5.10 Å². The summed E-state index contributed by atoms with van der Waals surface area (Å²) >= 11 is 4.22. The fraction of sp³-hybridized carbons (Fsp3) is 0.0833. The number of rotatable bonds is 8. The molecule has 11 nitrogen and oxygen atoms in total. The maximum atomic E-state index is 10.9. The van der Waals surface area contributed by atoms with E-state index in [9.17, 15) is 15.2 Å². The number of phenols is 1. The Morgan fingerprint density at radius 2 is 1.51 bits per heavy atom. The van der Waals surface area contributed by atoms with Crippen molar-refractivity contribution < 1.29 is 10.0 Å². The number of hydrogen-bond donors (Lipinski definition) is 4. The molecule has 0 aliphatic heterocycles. The smallest absolute Gasteiger partial charge is 0.269 e. The van der Waals surface area contributed by atoms with E-state index in [2.05, 4.69) is 81.3 Å². The molecule has 0 amide bonds. The Kier molecular flexibility index (Phi) is 8.32. The summed E-state index contributed by atoms with van der Waals surface area (Å²) in [7, 11) is 0. The first kappa shape index (κ1) is 26.5. The molecule has 0 fully saturated rings. The quantitative estimate of drug-likeness (QED) is 0.0717. The second kappa shape index (κ2) is 11.6. The van der Waals surface area contributed by atoms with Crippen LogP contribution < -0.4 is 16.1 Å². The highest BCUT2D eigenvalue weighted by atomic mass is 127. The van der Waals surface area contributed by atoms with Crippen LogP contribution in [0.1, 0.15) is 16.7 Å². The molecule has 0 saturated heterocycles. The van der Waals surface area contributed by atoms with Crippen LogP contribution in [-0.2, 0) is 0 Å². The number of nitrogens with one attached hydrogen (secondary N) is 3. The third-order valence-corrected chi connectivity index (χ3v) is 6.60. The van der Waals surface area contributed by atoms with E-state index in [1.807, 2.05) is 38.1 Å². The second-order valence-corrected chi connectivity index (χ2v) is 10.3. The van der Waals surface area contributed by atoms with Gasteiger partial charge in [-0.25, -0.2) is 5.43 Å². The van der Waals surface area contributed by atoms with E-state index in [0.717, 1.165) is 20.4 Å². The second-order valence-electron chi connectivity index (χ2n) is 7.85. The predicted molar refractivity (Wildman–Crippen MR) is 160 cm³/mol. The Morgan fingerprint density at radius 1 is 0.892 bits per heavy atom. The van der Waals surface area contributed by atoms with E-state index in [4.69, 9.17) is 0 Å². The number of aromatic hydroxyl groups is 1. The van der Waals surface area contributed by atoms with Gasteiger partial charge in [0.2, 0.25) is 17.8 Å². The predicted octanol–water partition coefficient (Wildman–Crippen LogP) is 6.24. The minimum absolute atomic E-state index is 0.0246. The molecule has 0 atom stereocenters. The molecular weight excluding hydrogens is 702 g/mol. The highest BCUT2D eigenvalue weighted by molar-refractivity contribution is 14.1. The molecule has 0 spiro atoms. The minimum Gasteiger partial charge on any atom is -0.506 e. The Hall–Kier alpha value is -3.60. The zero-order chi connectivity index (χ0) is 26.5. The van der Waals surface area contributed by atoms with E-state index in [1.54, 1.807) is 18.2 Å². The standard InChI is InChI=1S/C24H20I2N8O3/c1-13-3-4-18(9-14(13)2)29-23-30-22(28-17-5-7-19(8-6-17)34(36)37)31-24(32-23)33-27-12-15-10-16(25)11-20(26)21(15)35/h3-12,35H,1-2H3,(H3,28,29,30,31,32,33)/b27-12-. The number of benzene rings is 3. The third-order valence-electron chi connectivity index (χ3n) is 5.16. The monoisotopic (exact) mass is 722 g/mol. The first-order valence-corrected chi connectivity index (χ1v) is 12.9. The Morgan fingerprint density at radius 3 is 2.16 bits per heavy atom. The number of phenolic OH excluding ortho intramolecular Hbond substituents is 1. The molecule has 0 saturated carbocycles. The number of halogens is 2. The molecule has 13 heteroatoms. The molecule has 0 radical (unpaired) electrons. The Labute approximate surface area is 239 Å². The molecule has 0 bridgehead atoms. The topological polar surface area (TPSA) is 150 Å². The molecule has 1 heterocycles. The number of nitro groups is 1. The lowest BCUT2D eigenvalue weighted by molar-refractivity contribution is -0.384. The number of anilines is 5. The number of hydrogen-bond acceptors (Lipinski definition) is 10. The summed E-state index contributed by atoms with van der Waals surface area (Å²) in [6, 6.07) is 15.4. The summed E-state index contributed by atoms with van der Waals surface area (Å²) in [5.74, 6) is 0.716. The number of aryl methyl sites for hydroxylation is 2. The van der Waals surface area contributed by atoms with Crippen LogP contribution in [0.15, 0.2) is 59.7 Å². The maximum Gasteiger partial charge on any atom is 0.269 e. The molecule has 4 aromatic rings. The third kappa shape index (κ3) is 7.00. The van der Waals surface area contributed by atoms with Gasteiger partial charge in [0.15, 0.2) is 0 Å². The van der Waals surface area contributed by atoms with Crippen molar-refractivity contribution in [3.63, 3.8) is 0 Å². The summed E-state index contributed by atoms with van der Waals surface area (Å²) in [4.78, 5) is 23.6. The number of nitro benzene ring substituents is 1. The van der Waals surface area contributed by atoms with Crippen molar-refractivity contribution >= 4 is 86.3 Å². The fourth-order valence-electron chi connectivity index (χ4n) is 3.13. The van der Waals surface area contributed by atoms with Crippen LogP contribution in [0, 0.1) is 31.1 Å². The van der Waals surface area contributed by atoms with Crippen molar-refractivity contribution in [2.75, 3.05) is 16.1 Å². The lowest BCUT2D eigenvalue weighted by Crippen LogP contribution is -2.07. The first-order chi connectivity index (χ1) is 17.7. The minimum atomic E-state index is -0.467. The summed E-state index contributed by atoms with van der Waals surface area (Å²) in [5, 5.41) is 31.6. The lowest BCUT2D eigenvalue weighted by Gasteiger charge is -2.11. The van der Waals surface area contributed by atoms with Gasteiger partial charge in [0, 0.05) is 32.6 Å². The van der Waals surface area contributed by atoms with Crippen LogP contribution in [0.5, 0.6) is 5.75 Å². The maximum absolute atomic E-state index is 10.9. The average molecular weight is 722 g/mol. The summed E-state index contributed by atoms with van der Waals surface area (Å²) < 4.78 is 1.66. The van der Waals surface area contributed by atoms with Gasteiger partial charge in [0.05, 0.1) is 14.7 Å². The van der Waals surface area contributed by atoms with Crippen LogP contribution in [0.2, 0.25) is 0 Å². The highest BCUT2D eigenvalue weighted by Crippen LogP contribution is 2.26. The van der Waals surface area contributed by atoms with Gasteiger partial charge < -0.3 is 15.7 Å². The van der Waals surface area contributed by atoms with Crippen LogP contribution in [0.4, 0.5) is 34.9 Å². The zero-order valence-corrected chi connectivity index (χ0v) is 23.8. The van der Waals surface area contributed by atoms with E-state index in [-0.39, 0.29) is 29.3 Å². The molecule has 37 heavy (non-hydrogen) atoms. The number of nitrogens with zero attached hydrogens (tertiary/aromatic N) is 5. The van der Waals surface area contributed by atoms with Gasteiger partial charge in [-0.15, -0.1) is 0 Å². The summed E-state index contributed by atoms with van der Waals surface area (Å²) in [6.45, 7) is 4.04. The molecule has 4 rings (SSSR count). The van der Waals surface area contributed by atoms with Crippen LogP contribution in [0.25, 0.3) is 0 Å². The largest absolute Gasteiger partial charge is 0.506 e. The Balaban J connectivity index is 1.62. The van der Waals surface area contributed by atoms with Crippen LogP contribution in [0.3, 0.4) is 0 Å². The van der Waals surface area contributed by atoms with Gasteiger partial charge in [0.25, 0.3) is 5.69 Å². The Bertz CT molecular complexity index is 1500. The number of aromatic nitrogens is 3. The van der Waals surface area contributed by atoms with E-state index < -0.39 is 4.92 Å². The summed E-state index contributed by atoms with van der Waals surface area (Å²) in [5.41, 5.74) is 6.91. The van der Waals surface area contributed by atoms with Crippen molar-refractivity contribution in [3.05, 3.63) is 88.5 Å². The molecule has 0 aliphatic rings. The molecule has 0 unspecified atom stereocenters. The molecule has 188 valence electrons. The van der Waals surface area contributed by atoms with Gasteiger partial charge in [-0.2, -0.15) is 20.1 Å². The van der Waals surface area contributed by atoms with Crippen LogP contribution in [-0.4, -0.2) is 31.2 Å². The van der Waals surface area contributed by atoms with Gasteiger partial charge >= 0.3 is 0 Å². The van der Waals surface area contributed by atoms with Gasteiger partial charge in [-0.1, -0.05) is 6.07 Å². The van der Waals surface area contributed by atoms with Crippen LogP contribution >= 0.6 is 45.2 Å². The average Bonchev–Trinajstić information content (AvgIpc) is 2.84. The normalized spacial score (nSPS) is 10.9. The van der Waals surface area contributed by atoms with Crippen molar-refractivity contribution in [1.82, 2.24) is 15.0 Å². The van der Waals surface area contributed by atoms with Gasteiger partial charge in [-0.05, 0) is 107 Å². The van der Waals surface area contributed by atoms with E-state index in [0.29, 0.717) is 14.8 Å². The molecule has 0 aliphatic carbocycles. The van der Waals surface area contributed by atoms with E-state index in [1.165, 1.54) is 18.3 Å². The summed E-state index contributed by atoms with van der Waals surface area (Å²) in [6.07, 6.45) is 1.48. The molecule has 3 aromatic carbocycles.